The summed E-state index contributed by atoms with van der Waals surface area (Å²) in [6, 6.07) is 0. The lowest BCUT2D eigenvalue weighted by Crippen LogP contribution is -2.42. The highest BCUT2D eigenvalue weighted by Gasteiger charge is 2.14. The molecule has 3 N–H and O–H groups in total. The van der Waals surface area contributed by atoms with E-state index in [-0.39, 0.29) is 30.2 Å². The quantitative estimate of drug-likeness (QED) is 0.577. The van der Waals surface area contributed by atoms with Crippen LogP contribution in [0.4, 0.5) is 0 Å². The van der Waals surface area contributed by atoms with Crippen molar-refractivity contribution in [3.05, 3.63) is 0 Å². The number of amides is 1. The number of hydrogen-bond donors (Lipinski definition) is 3. The lowest BCUT2D eigenvalue weighted by Gasteiger charge is -2.20. The Kier molecular flexibility index (Phi) is 5.91. The van der Waals surface area contributed by atoms with Gasteiger partial charge >= 0.3 is 0 Å². The molecule has 16 heavy (non-hydrogen) atoms. The maximum absolute atomic E-state index is 11.3. The largest absolute Gasteiger partial charge is 0.395 e. The highest BCUT2D eigenvalue weighted by Crippen LogP contribution is 1.98. The number of rotatable bonds is 6. The Balaban J connectivity index is 3.87. The van der Waals surface area contributed by atoms with E-state index in [1.807, 2.05) is 20.8 Å². The Hall–Kier alpha value is -0.660. The Morgan fingerprint density at radius 2 is 1.88 bits per heavy atom. The zero-order valence-electron chi connectivity index (χ0n) is 9.91. The topological polar surface area (TPSA) is 95.5 Å². The van der Waals surface area contributed by atoms with Gasteiger partial charge in [-0.25, -0.2) is 13.1 Å². The van der Waals surface area contributed by atoms with Crippen molar-refractivity contribution in [2.75, 3.05) is 18.9 Å². The highest BCUT2D eigenvalue weighted by atomic mass is 32.2. The van der Waals surface area contributed by atoms with Gasteiger partial charge in [0, 0.05) is 18.5 Å². The second kappa shape index (κ2) is 6.17. The highest BCUT2D eigenvalue weighted by molar-refractivity contribution is 7.89. The minimum atomic E-state index is -3.45. The van der Waals surface area contributed by atoms with Crippen LogP contribution in [-0.2, 0) is 14.8 Å². The van der Waals surface area contributed by atoms with Crippen LogP contribution in [0.25, 0.3) is 0 Å². The minimum absolute atomic E-state index is 0.0459. The van der Waals surface area contributed by atoms with Crippen LogP contribution in [0.2, 0.25) is 0 Å². The summed E-state index contributed by atoms with van der Waals surface area (Å²) in [7, 11) is -3.45. The number of aliphatic hydroxyl groups is 1. The van der Waals surface area contributed by atoms with Crippen LogP contribution < -0.4 is 10.0 Å². The number of carbonyl (C=O) groups excluding carboxylic acids is 1. The van der Waals surface area contributed by atoms with E-state index in [9.17, 15) is 13.2 Å². The lowest BCUT2D eigenvalue weighted by molar-refractivity contribution is -0.122. The average molecular weight is 252 g/mol. The van der Waals surface area contributed by atoms with Gasteiger partial charge in [-0.1, -0.05) is 0 Å². The molecule has 0 radical (unpaired) electrons. The molecule has 0 aliphatic carbocycles. The van der Waals surface area contributed by atoms with Crippen molar-refractivity contribution in [1.29, 1.82) is 0 Å². The fraction of sp³-hybridized carbons (Fsp3) is 0.889. The van der Waals surface area contributed by atoms with Crippen molar-refractivity contribution in [2.45, 2.75) is 32.7 Å². The molecule has 0 saturated heterocycles. The van der Waals surface area contributed by atoms with Crippen LogP contribution in [0.1, 0.15) is 27.2 Å². The first-order valence-electron chi connectivity index (χ1n) is 5.05. The molecule has 0 spiro atoms. The standard InChI is InChI=1S/C9H20N2O4S/c1-9(2,3)11-8(13)4-5-10-16(14,15)7-6-12/h10,12H,4-7H2,1-3H3,(H,11,13). The molecule has 0 atom stereocenters. The van der Waals surface area contributed by atoms with Gasteiger partial charge in [0.1, 0.15) is 0 Å². The lowest BCUT2D eigenvalue weighted by atomic mass is 10.1. The van der Waals surface area contributed by atoms with E-state index in [2.05, 4.69) is 10.0 Å². The maximum atomic E-state index is 11.3. The number of hydrogen-bond acceptors (Lipinski definition) is 4. The van der Waals surface area contributed by atoms with E-state index in [0.29, 0.717) is 0 Å². The van der Waals surface area contributed by atoms with E-state index in [1.54, 1.807) is 0 Å². The molecule has 7 heteroatoms. The summed E-state index contributed by atoms with van der Waals surface area (Å²) in [4.78, 5) is 11.3. The minimum Gasteiger partial charge on any atom is -0.395 e. The first kappa shape index (κ1) is 15.3. The zero-order chi connectivity index (χ0) is 12.8. The molecule has 0 bridgehead atoms. The van der Waals surface area contributed by atoms with Crippen molar-refractivity contribution < 1.29 is 18.3 Å². The van der Waals surface area contributed by atoms with Crippen LogP contribution in [0.3, 0.4) is 0 Å². The van der Waals surface area contributed by atoms with Crippen molar-refractivity contribution in [1.82, 2.24) is 10.0 Å². The zero-order valence-corrected chi connectivity index (χ0v) is 10.7. The molecular weight excluding hydrogens is 232 g/mol. The first-order valence-corrected chi connectivity index (χ1v) is 6.71. The number of sulfonamides is 1. The number of aliphatic hydroxyl groups excluding tert-OH is 1. The summed E-state index contributed by atoms with van der Waals surface area (Å²) < 4.78 is 24.4. The van der Waals surface area contributed by atoms with Gasteiger partial charge in [-0.15, -0.1) is 0 Å². The summed E-state index contributed by atoms with van der Waals surface area (Å²) in [5.41, 5.74) is -0.318. The molecule has 0 aliphatic rings. The molecule has 0 rings (SSSR count). The molecule has 0 aromatic carbocycles. The fourth-order valence-corrected chi connectivity index (χ4v) is 1.79. The predicted molar refractivity (Wildman–Crippen MR) is 61.4 cm³/mol. The van der Waals surface area contributed by atoms with Crippen LogP contribution in [0.15, 0.2) is 0 Å². The normalized spacial score (nSPS) is 12.5. The maximum Gasteiger partial charge on any atom is 0.221 e. The van der Waals surface area contributed by atoms with Crippen molar-refractivity contribution >= 4 is 15.9 Å². The van der Waals surface area contributed by atoms with Crippen molar-refractivity contribution in [3.8, 4) is 0 Å². The summed E-state index contributed by atoms with van der Waals surface area (Å²) in [6.45, 7) is 5.16. The molecule has 1 amide bonds. The molecule has 0 aromatic rings. The number of carbonyl (C=O) groups is 1. The molecule has 96 valence electrons. The molecule has 0 aliphatic heterocycles. The van der Waals surface area contributed by atoms with Gasteiger partial charge in [0.25, 0.3) is 0 Å². The van der Waals surface area contributed by atoms with Crippen LogP contribution >= 0.6 is 0 Å². The van der Waals surface area contributed by atoms with E-state index < -0.39 is 16.6 Å². The predicted octanol–water partition coefficient (Wildman–Crippen LogP) is -0.797. The molecule has 0 unspecified atom stereocenters. The SMILES string of the molecule is CC(C)(C)NC(=O)CCNS(=O)(=O)CCO. The molecule has 0 heterocycles. The van der Waals surface area contributed by atoms with E-state index in [0.717, 1.165) is 0 Å². The van der Waals surface area contributed by atoms with Gasteiger partial charge in [-0.3, -0.25) is 4.79 Å². The van der Waals surface area contributed by atoms with Gasteiger partial charge in [0.2, 0.25) is 15.9 Å². The van der Waals surface area contributed by atoms with Gasteiger partial charge in [-0.2, -0.15) is 0 Å². The Morgan fingerprint density at radius 1 is 1.31 bits per heavy atom. The van der Waals surface area contributed by atoms with E-state index in [1.165, 1.54) is 0 Å². The Labute approximate surface area is 96.5 Å². The van der Waals surface area contributed by atoms with Gasteiger partial charge in [0.05, 0.1) is 12.4 Å². The smallest absolute Gasteiger partial charge is 0.221 e. The third-order valence-electron chi connectivity index (χ3n) is 1.55. The second-order valence-electron chi connectivity index (χ2n) is 4.48. The first-order chi connectivity index (χ1) is 7.16. The fourth-order valence-electron chi connectivity index (χ4n) is 0.993. The monoisotopic (exact) mass is 252 g/mol. The summed E-state index contributed by atoms with van der Waals surface area (Å²) >= 11 is 0. The van der Waals surface area contributed by atoms with Crippen molar-refractivity contribution in [3.63, 3.8) is 0 Å². The van der Waals surface area contributed by atoms with E-state index in [4.69, 9.17) is 5.11 Å². The molecule has 0 saturated carbocycles. The average Bonchev–Trinajstić information content (AvgIpc) is 1.99. The third kappa shape index (κ3) is 8.63. The van der Waals surface area contributed by atoms with Crippen LogP contribution in [-0.4, -0.2) is 43.9 Å². The number of nitrogens with one attached hydrogen (secondary N) is 2. The van der Waals surface area contributed by atoms with Gasteiger partial charge < -0.3 is 10.4 Å². The Bertz CT molecular complexity index is 319. The van der Waals surface area contributed by atoms with Crippen LogP contribution in [0.5, 0.6) is 0 Å². The van der Waals surface area contributed by atoms with E-state index >= 15 is 0 Å². The summed E-state index contributed by atoms with van der Waals surface area (Å²) in [5, 5.41) is 11.2. The van der Waals surface area contributed by atoms with Gasteiger partial charge in [0.15, 0.2) is 0 Å². The van der Waals surface area contributed by atoms with Crippen molar-refractivity contribution in [2.24, 2.45) is 0 Å². The summed E-state index contributed by atoms with van der Waals surface area (Å²) in [6.07, 6.45) is 0.0852. The molecular formula is C9H20N2O4S. The molecule has 0 fully saturated rings. The molecule has 6 nitrogen and oxygen atoms in total. The second-order valence-corrected chi connectivity index (χ2v) is 6.41. The Morgan fingerprint density at radius 3 is 2.31 bits per heavy atom. The molecule has 0 aromatic heterocycles. The third-order valence-corrected chi connectivity index (χ3v) is 2.91. The van der Waals surface area contributed by atoms with Gasteiger partial charge in [-0.05, 0) is 20.8 Å². The van der Waals surface area contributed by atoms with Crippen LogP contribution in [0, 0.1) is 0 Å². The summed E-state index contributed by atoms with van der Waals surface area (Å²) in [5.74, 6) is -0.548.